The fourth-order valence-corrected chi connectivity index (χ4v) is 3.37. The van der Waals surface area contributed by atoms with E-state index in [0.29, 0.717) is 22.9 Å². The Labute approximate surface area is 181 Å². The van der Waals surface area contributed by atoms with Crippen molar-refractivity contribution < 1.29 is 22.7 Å². The number of nitrogens with zero attached hydrogens (tertiary/aromatic N) is 4. The first-order valence-corrected chi connectivity index (χ1v) is 9.85. The van der Waals surface area contributed by atoms with Crippen LogP contribution in [0.1, 0.15) is 18.4 Å². The third-order valence-electron chi connectivity index (χ3n) is 4.92. The van der Waals surface area contributed by atoms with Gasteiger partial charge in [-0.2, -0.15) is 18.2 Å². The van der Waals surface area contributed by atoms with Gasteiger partial charge in [-0.1, -0.05) is 18.2 Å². The van der Waals surface area contributed by atoms with E-state index in [9.17, 15) is 18.0 Å². The molecule has 1 aromatic carbocycles. The molecule has 0 N–H and O–H groups in total. The predicted octanol–water partition coefficient (Wildman–Crippen LogP) is 4.92. The number of hydrogen-bond acceptors (Lipinski definition) is 5. The largest absolute Gasteiger partial charge is 0.481 e. The zero-order chi connectivity index (χ0) is 22.7. The van der Waals surface area contributed by atoms with Crippen LogP contribution in [-0.4, -0.2) is 38.4 Å². The molecule has 0 atom stereocenters. The van der Waals surface area contributed by atoms with Crippen LogP contribution in [0.4, 0.5) is 13.2 Å². The molecule has 0 radical (unpaired) electrons. The molecule has 0 aliphatic rings. The van der Waals surface area contributed by atoms with Gasteiger partial charge >= 0.3 is 6.18 Å². The average molecular weight is 440 g/mol. The van der Waals surface area contributed by atoms with Crippen LogP contribution >= 0.6 is 0 Å². The van der Waals surface area contributed by atoms with Crippen molar-refractivity contribution >= 4 is 11.4 Å². The monoisotopic (exact) mass is 440 g/mol. The van der Waals surface area contributed by atoms with E-state index < -0.39 is 24.8 Å². The van der Waals surface area contributed by atoms with Gasteiger partial charge in [-0.3, -0.25) is 9.20 Å². The van der Waals surface area contributed by atoms with Crippen molar-refractivity contribution in [2.75, 3.05) is 7.11 Å². The van der Waals surface area contributed by atoms with Crippen LogP contribution in [0.15, 0.2) is 61.1 Å². The number of ether oxygens (including phenoxy) is 1. The van der Waals surface area contributed by atoms with Gasteiger partial charge in [0, 0.05) is 42.4 Å². The minimum absolute atomic E-state index is 0.0437. The van der Waals surface area contributed by atoms with E-state index in [2.05, 4.69) is 15.0 Å². The Morgan fingerprint density at radius 3 is 2.72 bits per heavy atom. The van der Waals surface area contributed by atoms with E-state index in [1.165, 1.54) is 7.11 Å². The summed E-state index contributed by atoms with van der Waals surface area (Å²) < 4.78 is 44.1. The summed E-state index contributed by atoms with van der Waals surface area (Å²) in [5.41, 5.74) is 3.71. The van der Waals surface area contributed by atoms with E-state index in [0.717, 1.165) is 16.8 Å². The molecule has 3 heterocycles. The van der Waals surface area contributed by atoms with Crippen LogP contribution in [0.3, 0.4) is 0 Å². The zero-order valence-corrected chi connectivity index (χ0v) is 17.1. The van der Waals surface area contributed by atoms with Crippen molar-refractivity contribution in [3.8, 4) is 28.5 Å². The number of rotatable bonds is 7. The smallest absolute Gasteiger partial charge is 0.389 e. The zero-order valence-electron chi connectivity index (χ0n) is 17.1. The molecule has 6 nitrogen and oxygen atoms in total. The van der Waals surface area contributed by atoms with E-state index in [1.54, 1.807) is 36.7 Å². The van der Waals surface area contributed by atoms with Crippen molar-refractivity contribution in [1.29, 1.82) is 0 Å². The van der Waals surface area contributed by atoms with Gasteiger partial charge in [0.1, 0.15) is 11.4 Å². The SMILES string of the molecule is COc1ccnc(-c2ccn3c(-c4cccc(CC(=O)CCC(F)(F)F)c4)cnc3c2)n1. The summed E-state index contributed by atoms with van der Waals surface area (Å²) >= 11 is 0. The molecule has 32 heavy (non-hydrogen) atoms. The number of aromatic nitrogens is 4. The Hall–Kier alpha value is -3.75. The number of pyridine rings is 1. The second-order valence-corrected chi connectivity index (χ2v) is 7.24. The van der Waals surface area contributed by atoms with Crippen LogP contribution in [0.25, 0.3) is 28.3 Å². The Balaban J connectivity index is 1.57. The summed E-state index contributed by atoms with van der Waals surface area (Å²) in [6.07, 6.45) is -0.825. The standard InChI is InChI=1S/C23H19F3N4O2/c1-32-21-6-9-27-22(29-21)17-7-10-30-19(14-28-20(30)13-17)16-4-2-3-15(11-16)12-18(31)5-8-23(24,25)26/h2-4,6-7,9-11,13-14H,5,8,12H2,1H3. The number of fused-ring (bicyclic) bond motifs is 1. The predicted molar refractivity (Wildman–Crippen MR) is 112 cm³/mol. The molecular formula is C23H19F3N4O2. The van der Waals surface area contributed by atoms with Crippen LogP contribution in [0.5, 0.6) is 5.88 Å². The number of alkyl halides is 3. The molecule has 0 unspecified atom stereocenters. The van der Waals surface area contributed by atoms with E-state index >= 15 is 0 Å². The second kappa shape index (κ2) is 8.78. The molecule has 0 aliphatic heterocycles. The number of hydrogen-bond donors (Lipinski definition) is 0. The molecule has 0 bridgehead atoms. The lowest BCUT2D eigenvalue weighted by molar-refractivity contribution is -0.143. The minimum Gasteiger partial charge on any atom is -0.481 e. The molecule has 0 saturated carbocycles. The van der Waals surface area contributed by atoms with Crippen molar-refractivity contribution in [2.24, 2.45) is 0 Å². The van der Waals surface area contributed by atoms with Crippen LogP contribution in [-0.2, 0) is 11.2 Å². The van der Waals surface area contributed by atoms with Crippen molar-refractivity contribution in [3.05, 3.63) is 66.6 Å². The second-order valence-electron chi connectivity index (χ2n) is 7.24. The number of methoxy groups -OCH3 is 1. The Kier molecular flexibility index (Phi) is 5.89. The number of Topliss-reactive ketones (excluding diaryl/α,β-unsaturated/α-hetero) is 1. The first kappa shape index (κ1) is 21.5. The van der Waals surface area contributed by atoms with Crippen LogP contribution in [0.2, 0.25) is 0 Å². The lowest BCUT2D eigenvalue weighted by Crippen LogP contribution is -2.12. The summed E-state index contributed by atoms with van der Waals surface area (Å²) in [6.45, 7) is 0. The summed E-state index contributed by atoms with van der Waals surface area (Å²) in [5.74, 6) is 0.525. The quantitative estimate of drug-likeness (QED) is 0.408. The number of imidazole rings is 1. The van der Waals surface area contributed by atoms with Crippen LogP contribution < -0.4 is 4.74 Å². The Morgan fingerprint density at radius 1 is 1.09 bits per heavy atom. The Bertz CT molecular complexity index is 1270. The molecule has 164 valence electrons. The van der Waals surface area contributed by atoms with Gasteiger partial charge in [-0.15, -0.1) is 0 Å². The molecule has 3 aromatic heterocycles. The van der Waals surface area contributed by atoms with E-state index in [4.69, 9.17) is 4.74 Å². The van der Waals surface area contributed by atoms with Crippen molar-refractivity contribution in [2.45, 2.75) is 25.4 Å². The van der Waals surface area contributed by atoms with Gasteiger partial charge in [0.15, 0.2) is 5.82 Å². The highest BCUT2D eigenvalue weighted by molar-refractivity contribution is 5.81. The first-order valence-electron chi connectivity index (χ1n) is 9.85. The number of halogens is 3. The molecule has 0 aliphatic carbocycles. The maximum Gasteiger partial charge on any atom is 0.389 e. The molecule has 0 spiro atoms. The lowest BCUT2D eigenvalue weighted by atomic mass is 10.0. The van der Waals surface area contributed by atoms with Crippen molar-refractivity contribution in [1.82, 2.24) is 19.4 Å². The molecule has 4 rings (SSSR count). The molecular weight excluding hydrogens is 421 g/mol. The maximum absolute atomic E-state index is 12.4. The molecule has 0 amide bonds. The first-order chi connectivity index (χ1) is 15.3. The number of ketones is 1. The minimum atomic E-state index is -4.33. The fourth-order valence-electron chi connectivity index (χ4n) is 3.37. The van der Waals surface area contributed by atoms with Gasteiger partial charge in [-0.25, -0.2) is 9.97 Å². The van der Waals surface area contributed by atoms with E-state index in [1.807, 2.05) is 28.8 Å². The average Bonchev–Trinajstić information content (AvgIpc) is 3.21. The van der Waals surface area contributed by atoms with Gasteiger partial charge < -0.3 is 4.74 Å². The highest BCUT2D eigenvalue weighted by Gasteiger charge is 2.27. The molecule has 4 aromatic rings. The lowest BCUT2D eigenvalue weighted by Gasteiger charge is -2.08. The van der Waals surface area contributed by atoms with Crippen molar-refractivity contribution in [3.63, 3.8) is 0 Å². The third-order valence-corrected chi connectivity index (χ3v) is 4.92. The third kappa shape index (κ3) is 4.93. The topological polar surface area (TPSA) is 69.4 Å². The molecule has 9 heteroatoms. The summed E-state index contributed by atoms with van der Waals surface area (Å²) in [5, 5.41) is 0. The molecule has 0 fully saturated rings. The van der Waals surface area contributed by atoms with E-state index in [-0.39, 0.29) is 6.42 Å². The number of carbonyl (C=O) groups excluding carboxylic acids is 1. The highest BCUT2D eigenvalue weighted by Crippen LogP contribution is 2.26. The summed E-state index contributed by atoms with van der Waals surface area (Å²) in [4.78, 5) is 25.0. The summed E-state index contributed by atoms with van der Waals surface area (Å²) in [7, 11) is 1.54. The number of benzene rings is 1. The normalized spacial score (nSPS) is 11.6. The maximum atomic E-state index is 12.4. The van der Waals surface area contributed by atoms with Gasteiger partial charge in [0.2, 0.25) is 5.88 Å². The summed E-state index contributed by atoms with van der Waals surface area (Å²) in [6, 6.07) is 12.5. The van der Waals surface area contributed by atoms with Gasteiger partial charge in [-0.05, 0) is 23.8 Å². The highest BCUT2D eigenvalue weighted by atomic mass is 19.4. The molecule has 0 saturated heterocycles. The Morgan fingerprint density at radius 2 is 1.94 bits per heavy atom. The fraction of sp³-hybridized carbons (Fsp3) is 0.217. The van der Waals surface area contributed by atoms with Crippen LogP contribution in [0, 0.1) is 0 Å². The van der Waals surface area contributed by atoms with Gasteiger partial charge in [0.05, 0.1) is 25.4 Å². The van der Waals surface area contributed by atoms with Gasteiger partial charge in [0.25, 0.3) is 0 Å². The number of carbonyl (C=O) groups is 1.